The van der Waals surface area contributed by atoms with Crippen molar-refractivity contribution < 1.29 is 9.53 Å². The fourth-order valence-electron chi connectivity index (χ4n) is 2.46. The zero-order valence-corrected chi connectivity index (χ0v) is 11.2. The van der Waals surface area contributed by atoms with E-state index in [0.717, 1.165) is 17.8 Å². The largest absolute Gasteiger partial charge is 0.464 e. The van der Waals surface area contributed by atoms with Crippen molar-refractivity contribution in [2.75, 3.05) is 12.0 Å². The first-order valence-electron chi connectivity index (χ1n) is 6.53. The number of ether oxygens (including phenoxy) is 1. The summed E-state index contributed by atoms with van der Waals surface area (Å²) in [6.45, 7) is 0. The molecule has 0 atom stereocenters. The quantitative estimate of drug-likeness (QED) is 0.779. The lowest BCUT2D eigenvalue weighted by Crippen LogP contribution is -2.27. The van der Waals surface area contributed by atoms with Gasteiger partial charge in [0.15, 0.2) is 0 Å². The van der Waals surface area contributed by atoms with Crippen molar-refractivity contribution in [1.82, 2.24) is 0 Å². The lowest BCUT2D eigenvalue weighted by Gasteiger charge is -2.31. The number of allylic oxidation sites excluding steroid dienone is 1. The van der Waals surface area contributed by atoms with Gasteiger partial charge in [-0.2, -0.15) is 0 Å². The number of benzene rings is 2. The van der Waals surface area contributed by atoms with Crippen molar-refractivity contribution in [2.45, 2.75) is 6.42 Å². The lowest BCUT2D eigenvalue weighted by molar-refractivity contribution is -0.136. The number of rotatable bonds is 2. The summed E-state index contributed by atoms with van der Waals surface area (Å²) in [6, 6.07) is 17.9. The number of anilines is 2. The second kappa shape index (κ2) is 5.21. The normalized spacial score (nSPS) is 13.4. The molecule has 0 fully saturated rings. The molecule has 3 rings (SSSR count). The Morgan fingerprint density at radius 2 is 1.75 bits per heavy atom. The second-order valence-electron chi connectivity index (χ2n) is 4.58. The molecule has 3 nitrogen and oxygen atoms in total. The van der Waals surface area contributed by atoms with Crippen molar-refractivity contribution in [2.24, 2.45) is 0 Å². The van der Waals surface area contributed by atoms with E-state index in [1.54, 1.807) is 0 Å². The second-order valence-corrected chi connectivity index (χ2v) is 4.58. The summed E-state index contributed by atoms with van der Waals surface area (Å²) in [6.07, 6.45) is 2.66. The molecule has 0 saturated carbocycles. The zero-order chi connectivity index (χ0) is 13.9. The Balaban J connectivity index is 2.15. The molecule has 1 aliphatic rings. The first-order valence-corrected chi connectivity index (χ1v) is 6.53. The molecule has 0 bridgehead atoms. The van der Waals surface area contributed by atoms with Crippen LogP contribution in [0.2, 0.25) is 0 Å². The molecule has 20 heavy (non-hydrogen) atoms. The molecule has 0 aromatic heterocycles. The van der Waals surface area contributed by atoms with E-state index < -0.39 is 0 Å². The van der Waals surface area contributed by atoms with Gasteiger partial charge < -0.3 is 9.64 Å². The topological polar surface area (TPSA) is 29.5 Å². The molecule has 100 valence electrons. The summed E-state index contributed by atoms with van der Waals surface area (Å²) < 4.78 is 4.91. The fourth-order valence-corrected chi connectivity index (χ4v) is 2.46. The van der Waals surface area contributed by atoms with E-state index in [2.05, 4.69) is 6.07 Å². The van der Waals surface area contributed by atoms with Gasteiger partial charge >= 0.3 is 5.97 Å². The summed E-state index contributed by atoms with van der Waals surface area (Å²) in [5.74, 6) is -0.316. The van der Waals surface area contributed by atoms with Gasteiger partial charge in [-0.05, 0) is 36.3 Å². The average Bonchev–Trinajstić information content (AvgIpc) is 2.53. The molecule has 2 aromatic carbocycles. The number of hydrogen-bond acceptors (Lipinski definition) is 3. The Labute approximate surface area is 118 Å². The lowest BCUT2D eigenvalue weighted by atomic mass is 10.0. The van der Waals surface area contributed by atoms with Crippen LogP contribution in [0.5, 0.6) is 0 Å². The van der Waals surface area contributed by atoms with Crippen LogP contribution in [0.25, 0.3) is 0 Å². The first-order chi connectivity index (χ1) is 9.81. The third-order valence-electron chi connectivity index (χ3n) is 3.40. The maximum absolute atomic E-state index is 12.0. The Hall–Kier alpha value is -2.55. The molecule has 1 aliphatic heterocycles. The summed E-state index contributed by atoms with van der Waals surface area (Å²) in [7, 11) is 1.41. The van der Waals surface area contributed by atoms with Crippen LogP contribution in [0.15, 0.2) is 66.4 Å². The molecular formula is C17H15NO2. The SMILES string of the molecule is COC(=O)C1=CCc2ccccc2N1c1ccccc1. The predicted molar refractivity (Wildman–Crippen MR) is 78.8 cm³/mol. The fraction of sp³-hybridized carbons (Fsp3) is 0.118. The maximum atomic E-state index is 12.0. The van der Waals surface area contributed by atoms with Gasteiger partial charge in [-0.25, -0.2) is 4.79 Å². The molecule has 2 aromatic rings. The zero-order valence-electron chi connectivity index (χ0n) is 11.2. The Bertz CT molecular complexity index is 662. The van der Waals surface area contributed by atoms with Gasteiger partial charge in [0, 0.05) is 11.4 Å². The van der Waals surface area contributed by atoms with Crippen LogP contribution in [0.4, 0.5) is 11.4 Å². The van der Waals surface area contributed by atoms with Gasteiger partial charge in [-0.1, -0.05) is 36.4 Å². The molecule has 0 spiro atoms. The van der Waals surface area contributed by atoms with Crippen molar-refractivity contribution in [3.05, 3.63) is 71.9 Å². The van der Waals surface area contributed by atoms with Crippen LogP contribution in [0, 0.1) is 0 Å². The van der Waals surface area contributed by atoms with Crippen molar-refractivity contribution in [1.29, 1.82) is 0 Å². The number of carbonyl (C=O) groups excluding carboxylic acids is 1. The predicted octanol–water partition coefficient (Wildman–Crippen LogP) is 3.44. The number of nitrogens with zero attached hydrogens (tertiary/aromatic N) is 1. The highest BCUT2D eigenvalue weighted by Gasteiger charge is 2.26. The van der Waals surface area contributed by atoms with E-state index in [-0.39, 0.29) is 5.97 Å². The third kappa shape index (κ3) is 2.07. The molecule has 3 heteroatoms. The molecular weight excluding hydrogens is 250 g/mol. The number of carbonyl (C=O) groups is 1. The molecule has 0 saturated heterocycles. The minimum Gasteiger partial charge on any atom is -0.464 e. The average molecular weight is 265 g/mol. The van der Waals surface area contributed by atoms with Gasteiger partial charge in [0.05, 0.1) is 7.11 Å². The summed E-state index contributed by atoms with van der Waals surface area (Å²) in [4.78, 5) is 14.0. The number of fused-ring (bicyclic) bond motifs is 1. The Morgan fingerprint density at radius 1 is 1.05 bits per heavy atom. The van der Waals surface area contributed by atoms with Crippen LogP contribution < -0.4 is 4.90 Å². The summed E-state index contributed by atoms with van der Waals surface area (Å²) in [5, 5.41) is 0. The van der Waals surface area contributed by atoms with Crippen LogP contribution in [0.1, 0.15) is 5.56 Å². The Morgan fingerprint density at radius 3 is 2.50 bits per heavy atom. The first kappa shape index (κ1) is 12.5. The number of hydrogen-bond donors (Lipinski definition) is 0. The molecule has 0 radical (unpaired) electrons. The molecule has 0 aliphatic carbocycles. The summed E-state index contributed by atoms with van der Waals surface area (Å²) >= 11 is 0. The third-order valence-corrected chi connectivity index (χ3v) is 3.40. The van der Waals surface area contributed by atoms with Gasteiger partial charge in [-0.15, -0.1) is 0 Å². The maximum Gasteiger partial charge on any atom is 0.354 e. The monoisotopic (exact) mass is 265 g/mol. The van der Waals surface area contributed by atoms with E-state index in [4.69, 9.17) is 4.74 Å². The van der Waals surface area contributed by atoms with E-state index in [1.807, 2.05) is 59.5 Å². The number of esters is 1. The molecule has 0 amide bonds. The highest BCUT2D eigenvalue weighted by atomic mass is 16.5. The number of para-hydroxylation sites is 2. The minimum absolute atomic E-state index is 0.316. The molecule has 1 heterocycles. The van der Waals surface area contributed by atoms with Gasteiger partial charge in [0.2, 0.25) is 0 Å². The van der Waals surface area contributed by atoms with Crippen LogP contribution in [0.3, 0.4) is 0 Å². The standard InChI is InChI=1S/C17H15NO2/c1-20-17(19)16-12-11-13-7-5-6-10-15(13)18(16)14-8-3-2-4-9-14/h2-10,12H,11H2,1H3. The summed E-state index contributed by atoms with van der Waals surface area (Å²) in [5.41, 5.74) is 3.75. The smallest absolute Gasteiger partial charge is 0.354 e. The van der Waals surface area contributed by atoms with E-state index >= 15 is 0 Å². The highest BCUT2D eigenvalue weighted by molar-refractivity contribution is 5.97. The van der Waals surface area contributed by atoms with Crippen LogP contribution in [-0.4, -0.2) is 13.1 Å². The van der Waals surface area contributed by atoms with Crippen molar-refractivity contribution in [3.8, 4) is 0 Å². The van der Waals surface area contributed by atoms with Crippen LogP contribution in [-0.2, 0) is 16.0 Å². The molecule has 0 unspecified atom stereocenters. The van der Waals surface area contributed by atoms with Crippen molar-refractivity contribution in [3.63, 3.8) is 0 Å². The van der Waals surface area contributed by atoms with E-state index in [0.29, 0.717) is 5.70 Å². The molecule has 0 N–H and O–H groups in total. The van der Waals surface area contributed by atoms with Crippen LogP contribution >= 0.6 is 0 Å². The van der Waals surface area contributed by atoms with Gasteiger partial charge in [0.1, 0.15) is 5.70 Å². The highest BCUT2D eigenvalue weighted by Crippen LogP contribution is 2.36. The Kier molecular flexibility index (Phi) is 3.25. The van der Waals surface area contributed by atoms with Gasteiger partial charge in [-0.3, -0.25) is 0 Å². The number of methoxy groups -OCH3 is 1. The minimum atomic E-state index is -0.316. The van der Waals surface area contributed by atoms with E-state index in [1.165, 1.54) is 12.7 Å². The van der Waals surface area contributed by atoms with Crippen molar-refractivity contribution >= 4 is 17.3 Å². The van der Waals surface area contributed by atoms with Gasteiger partial charge in [0.25, 0.3) is 0 Å². The van der Waals surface area contributed by atoms with E-state index in [9.17, 15) is 4.79 Å².